The smallest absolute Gasteiger partial charge is 0.175 e. The molecule has 4 aliphatic carbocycles. The molecule has 4 aliphatic rings. The maximum absolute atomic E-state index is 11.5. The standard InChI is InChI=1S/C16H21NO/c1-10(18)15-5-14(9-17-15)16-6-11-2-12(7-16)4-13(3-11)8-16/h5,9,11-13,17H,2-4,6-8H2,1H3. The number of H-pyrrole nitrogens is 1. The molecule has 0 amide bonds. The van der Waals surface area contributed by atoms with E-state index < -0.39 is 0 Å². The highest BCUT2D eigenvalue weighted by atomic mass is 16.1. The van der Waals surface area contributed by atoms with Crippen LogP contribution >= 0.6 is 0 Å². The summed E-state index contributed by atoms with van der Waals surface area (Å²) in [6, 6.07) is 2.13. The van der Waals surface area contributed by atoms with Crippen LogP contribution in [0.15, 0.2) is 12.3 Å². The molecule has 0 radical (unpaired) electrons. The van der Waals surface area contributed by atoms with Crippen LogP contribution in [-0.4, -0.2) is 10.8 Å². The fraction of sp³-hybridized carbons (Fsp3) is 0.688. The van der Waals surface area contributed by atoms with Gasteiger partial charge in [-0.2, -0.15) is 0 Å². The van der Waals surface area contributed by atoms with Gasteiger partial charge in [0.05, 0.1) is 5.69 Å². The molecule has 96 valence electrons. The van der Waals surface area contributed by atoms with E-state index in [9.17, 15) is 4.79 Å². The zero-order chi connectivity index (χ0) is 12.3. The van der Waals surface area contributed by atoms with Crippen molar-refractivity contribution in [1.29, 1.82) is 0 Å². The zero-order valence-electron chi connectivity index (χ0n) is 11.0. The summed E-state index contributed by atoms with van der Waals surface area (Å²) in [4.78, 5) is 14.6. The van der Waals surface area contributed by atoms with Gasteiger partial charge < -0.3 is 4.98 Å². The third-order valence-electron chi connectivity index (χ3n) is 5.71. The van der Waals surface area contributed by atoms with Crippen molar-refractivity contribution >= 4 is 5.78 Å². The number of carbonyl (C=O) groups excluding carboxylic acids is 1. The highest BCUT2D eigenvalue weighted by molar-refractivity contribution is 5.92. The predicted octanol–water partition coefficient (Wildman–Crippen LogP) is 3.69. The summed E-state index contributed by atoms with van der Waals surface area (Å²) < 4.78 is 0. The molecule has 4 bridgehead atoms. The first-order chi connectivity index (χ1) is 8.64. The molecule has 0 aliphatic heterocycles. The predicted molar refractivity (Wildman–Crippen MR) is 70.6 cm³/mol. The largest absolute Gasteiger partial charge is 0.359 e. The van der Waals surface area contributed by atoms with E-state index in [4.69, 9.17) is 0 Å². The van der Waals surface area contributed by atoms with Gasteiger partial charge in [-0.3, -0.25) is 4.79 Å². The van der Waals surface area contributed by atoms with Crippen molar-refractivity contribution in [3.05, 3.63) is 23.5 Å². The Morgan fingerprint density at radius 1 is 1.17 bits per heavy atom. The van der Waals surface area contributed by atoms with Gasteiger partial charge in [0.15, 0.2) is 5.78 Å². The average Bonchev–Trinajstić information content (AvgIpc) is 2.76. The Labute approximate surface area is 108 Å². The molecule has 0 atom stereocenters. The van der Waals surface area contributed by atoms with Crippen LogP contribution in [0.25, 0.3) is 0 Å². The lowest BCUT2D eigenvalue weighted by Gasteiger charge is -2.56. The maximum atomic E-state index is 11.5. The topological polar surface area (TPSA) is 32.9 Å². The van der Waals surface area contributed by atoms with Gasteiger partial charge in [-0.25, -0.2) is 0 Å². The molecule has 0 spiro atoms. The van der Waals surface area contributed by atoms with E-state index in [1.54, 1.807) is 6.92 Å². The van der Waals surface area contributed by atoms with E-state index >= 15 is 0 Å². The average molecular weight is 243 g/mol. The van der Waals surface area contributed by atoms with Crippen LogP contribution in [0.2, 0.25) is 0 Å². The summed E-state index contributed by atoms with van der Waals surface area (Å²) in [5.41, 5.74) is 2.63. The Morgan fingerprint density at radius 3 is 2.17 bits per heavy atom. The number of hydrogen-bond acceptors (Lipinski definition) is 1. The van der Waals surface area contributed by atoms with Gasteiger partial charge in [-0.05, 0) is 73.3 Å². The Morgan fingerprint density at radius 2 is 1.72 bits per heavy atom. The van der Waals surface area contributed by atoms with E-state index in [1.165, 1.54) is 44.1 Å². The van der Waals surface area contributed by atoms with Crippen LogP contribution in [0.5, 0.6) is 0 Å². The number of nitrogens with one attached hydrogen (secondary N) is 1. The number of ketones is 1. The first-order valence-electron chi connectivity index (χ1n) is 7.34. The third kappa shape index (κ3) is 1.44. The normalized spacial score (nSPS) is 41.3. The SMILES string of the molecule is CC(=O)c1cc(C23CC4CC(CC(C4)C2)C3)c[nH]1. The van der Waals surface area contributed by atoms with Crippen LogP contribution in [0, 0.1) is 17.8 Å². The molecule has 4 saturated carbocycles. The van der Waals surface area contributed by atoms with Gasteiger partial charge in [0.2, 0.25) is 0 Å². The van der Waals surface area contributed by atoms with Gasteiger partial charge in [0, 0.05) is 13.1 Å². The van der Waals surface area contributed by atoms with Gasteiger partial charge in [-0.1, -0.05) is 0 Å². The molecule has 1 heterocycles. The van der Waals surface area contributed by atoms with Crippen LogP contribution in [0.1, 0.15) is 61.5 Å². The summed E-state index contributed by atoms with van der Waals surface area (Å²) in [5, 5.41) is 0. The fourth-order valence-corrected chi connectivity index (χ4v) is 5.37. The fourth-order valence-electron chi connectivity index (χ4n) is 5.37. The number of Topliss-reactive ketones (excluding diaryl/α,β-unsaturated/α-hetero) is 1. The summed E-state index contributed by atoms with van der Waals surface area (Å²) in [7, 11) is 0. The van der Waals surface area contributed by atoms with Crippen LogP contribution in [-0.2, 0) is 5.41 Å². The highest BCUT2D eigenvalue weighted by Crippen LogP contribution is 2.60. The number of hydrogen-bond donors (Lipinski definition) is 1. The Hall–Kier alpha value is -1.05. The minimum Gasteiger partial charge on any atom is -0.359 e. The van der Waals surface area contributed by atoms with Gasteiger partial charge in [-0.15, -0.1) is 0 Å². The molecule has 2 nitrogen and oxygen atoms in total. The second-order valence-corrected chi connectivity index (χ2v) is 7.06. The minimum absolute atomic E-state index is 0.158. The summed E-state index contributed by atoms with van der Waals surface area (Å²) in [6.45, 7) is 1.65. The van der Waals surface area contributed by atoms with Crippen molar-refractivity contribution < 1.29 is 4.79 Å². The minimum atomic E-state index is 0.158. The Kier molecular flexibility index (Phi) is 2.10. The molecule has 0 saturated heterocycles. The van der Waals surface area contributed by atoms with E-state index in [0.717, 1.165) is 23.4 Å². The van der Waals surface area contributed by atoms with Gasteiger partial charge in [0.25, 0.3) is 0 Å². The van der Waals surface area contributed by atoms with E-state index in [-0.39, 0.29) is 5.78 Å². The van der Waals surface area contributed by atoms with E-state index in [1.807, 2.05) is 0 Å². The Balaban J connectivity index is 1.72. The monoisotopic (exact) mass is 243 g/mol. The molecule has 18 heavy (non-hydrogen) atoms. The highest BCUT2D eigenvalue weighted by Gasteiger charge is 2.51. The maximum Gasteiger partial charge on any atom is 0.175 e. The van der Waals surface area contributed by atoms with Crippen molar-refractivity contribution in [1.82, 2.24) is 4.98 Å². The summed E-state index contributed by atoms with van der Waals surface area (Å²) >= 11 is 0. The van der Waals surface area contributed by atoms with Crippen molar-refractivity contribution in [3.63, 3.8) is 0 Å². The number of aromatic nitrogens is 1. The van der Waals surface area contributed by atoms with Crippen molar-refractivity contribution in [2.45, 2.75) is 50.9 Å². The first kappa shape index (κ1) is 10.8. The van der Waals surface area contributed by atoms with Gasteiger partial charge in [0.1, 0.15) is 0 Å². The molecule has 1 aromatic rings. The van der Waals surface area contributed by atoms with Crippen LogP contribution in [0.4, 0.5) is 0 Å². The molecule has 4 fully saturated rings. The van der Waals surface area contributed by atoms with Crippen LogP contribution < -0.4 is 0 Å². The third-order valence-corrected chi connectivity index (χ3v) is 5.71. The molecule has 5 rings (SSSR count). The molecule has 0 aromatic carbocycles. The van der Waals surface area contributed by atoms with Gasteiger partial charge >= 0.3 is 0 Å². The summed E-state index contributed by atoms with van der Waals surface area (Å²) in [5.74, 6) is 3.05. The first-order valence-corrected chi connectivity index (χ1v) is 7.34. The lowest BCUT2D eigenvalue weighted by atomic mass is 9.48. The number of rotatable bonds is 2. The molecule has 1 N–H and O–H groups in total. The van der Waals surface area contributed by atoms with Crippen LogP contribution in [0.3, 0.4) is 0 Å². The van der Waals surface area contributed by atoms with E-state index in [2.05, 4.69) is 17.2 Å². The van der Waals surface area contributed by atoms with Crippen molar-refractivity contribution in [3.8, 4) is 0 Å². The van der Waals surface area contributed by atoms with Crippen molar-refractivity contribution in [2.75, 3.05) is 0 Å². The molecular formula is C16H21NO. The molecular weight excluding hydrogens is 222 g/mol. The lowest BCUT2D eigenvalue weighted by molar-refractivity contribution is -0.00512. The molecule has 0 unspecified atom stereocenters. The lowest BCUT2D eigenvalue weighted by Crippen LogP contribution is -2.48. The number of aromatic amines is 1. The molecule has 1 aromatic heterocycles. The number of carbonyl (C=O) groups is 1. The second-order valence-electron chi connectivity index (χ2n) is 7.06. The van der Waals surface area contributed by atoms with E-state index in [0.29, 0.717) is 5.41 Å². The Bertz CT molecular complexity index is 464. The zero-order valence-corrected chi connectivity index (χ0v) is 11.0. The van der Waals surface area contributed by atoms with Crippen molar-refractivity contribution in [2.24, 2.45) is 17.8 Å². The quantitative estimate of drug-likeness (QED) is 0.790. The molecule has 2 heteroatoms. The second kappa shape index (κ2) is 3.49. The summed E-state index contributed by atoms with van der Waals surface area (Å²) in [6.07, 6.45) is 10.6.